The molecule has 1 atom stereocenters. The number of carboxylic acids is 1. The second-order valence-electron chi connectivity index (χ2n) is 5.63. The summed E-state index contributed by atoms with van der Waals surface area (Å²) in [6.07, 6.45) is 0.562. The Morgan fingerprint density at radius 3 is 2.67 bits per heavy atom. The Labute approximate surface area is 122 Å². The van der Waals surface area contributed by atoms with E-state index in [4.69, 9.17) is 9.26 Å². The molecule has 1 aromatic rings. The van der Waals surface area contributed by atoms with Crippen LogP contribution in [-0.2, 0) is 16.1 Å². The van der Waals surface area contributed by atoms with E-state index in [2.05, 4.69) is 15.0 Å². The number of rotatable bonds is 4. The predicted molar refractivity (Wildman–Crippen MR) is 71.7 cm³/mol. The van der Waals surface area contributed by atoms with Crippen molar-refractivity contribution in [1.29, 1.82) is 0 Å². The summed E-state index contributed by atoms with van der Waals surface area (Å²) in [4.78, 5) is 20.1. The van der Waals surface area contributed by atoms with E-state index in [0.717, 1.165) is 13.1 Å². The van der Waals surface area contributed by atoms with Gasteiger partial charge in [-0.1, -0.05) is 5.16 Å². The summed E-state index contributed by atoms with van der Waals surface area (Å²) in [6.45, 7) is 6.23. The van der Waals surface area contributed by atoms with Crippen LogP contribution >= 0.6 is 0 Å². The molecular formula is C13H20N4O4. The first-order chi connectivity index (χ1) is 10.1. The first-order valence-electron chi connectivity index (χ1n) is 7.18. The van der Waals surface area contributed by atoms with E-state index in [1.54, 1.807) is 6.92 Å². The number of hydrogen-bond acceptors (Lipinski definition) is 7. The molecule has 0 radical (unpaired) electrons. The van der Waals surface area contributed by atoms with Gasteiger partial charge in [0.1, 0.15) is 5.54 Å². The number of ether oxygens (including phenoxy) is 1. The molecule has 0 saturated carbocycles. The Morgan fingerprint density at radius 2 is 2.14 bits per heavy atom. The number of piperazine rings is 1. The molecule has 2 saturated heterocycles. The number of hydrogen-bond donors (Lipinski definition) is 1. The fourth-order valence-corrected chi connectivity index (χ4v) is 3.05. The number of aryl methyl sites for hydroxylation is 1. The molecule has 2 fully saturated rings. The van der Waals surface area contributed by atoms with Crippen LogP contribution in [0.5, 0.6) is 0 Å². The molecule has 1 aromatic heterocycles. The molecular weight excluding hydrogens is 276 g/mol. The van der Waals surface area contributed by atoms with Crippen LogP contribution in [-0.4, -0.2) is 75.9 Å². The largest absolute Gasteiger partial charge is 0.480 e. The molecule has 8 nitrogen and oxygen atoms in total. The molecule has 0 aromatic carbocycles. The Bertz CT molecular complexity index is 504. The second kappa shape index (κ2) is 5.70. The van der Waals surface area contributed by atoms with Crippen LogP contribution in [0.1, 0.15) is 18.1 Å². The number of carbonyl (C=O) groups is 1. The smallest absolute Gasteiger partial charge is 0.326 e. The van der Waals surface area contributed by atoms with E-state index < -0.39 is 11.5 Å². The van der Waals surface area contributed by atoms with Crippen LogP contribution in [0.2, 0.25) is 0 Å². The summed E-state index contributed by atoms with van der Waals surface area (Å²) in [6, 6.07) is 0. The zero-order valence-corrected chi connectivity index (χ0v) is 12.1. The summed E-state index contributed by atoms with van der Waals surface area (Å²) in [5.74, 6) is 0.469. The number of aliphatic carboxylic acids is 1. The molecule has 116 valence electrons. The first-order valence-corrected chi connectivity index (χ1v) is 7.18. The van der Waals surface area contributed by atoms with Crippen molar-refractivity contribution in [1.82, 2.24) is 19.9 Å². The molecule has 8 heteroatoms. The number of carboxylic acid groups (broad SMARTS) is 1. The van der Waals surface area contributed by atoms with E-state index in [1.165, 1.54) is 0 Å². The zero-order chi connectivity index (χ0) is 14.9. The van der Waals surface area contributed by atoms with Crippen LogP contribution in [0.4, 0.5) is 0 Å². The third kappa shape index (κ3) is 2.78. The Hall–Kier alpha value is -1.51. The maximum Gasteiger partial charge on any atom is 0.326 e. The van der Waals surface area contributed by atoms with Gasteiger partial charge in [0.15, 0.2) is 5.82 Å². The van der Waals surface area contributed by atoms with Crippen molar-refractivity contribution in [2.75, 3.05) is 39.4 Å². The minimum Gasteiger partial charge on any atom is -0.480 e. The van der Waals surface area contributed by atoms with Gasteiger partial charge in [0, 0.05) is 46.1 Å². The van der Waals surface area contributed by atoms with E-state index in [9.17, 15) is 9.90 Å². The van der Waals surface area contributed by atoms with Gasteiger partial charge in [0.2, 0.25) is 5.89 Å². The van der Waals surface area contributed by atoms with Crippen molar-refractivity contribution >= 4 is 5.97 Å². The minimum absolute atomic E-state index is 0.284. The fourth-order valence-electron chi connectivity index (χ4n) is 3.05. The summed E-state index contributed by atoms with van der Waals surface area (Å²) in [7, 11) is 0. The third-order valence-corrected chi connectivity index (χ3v) is 4.31. The van der Waals surface area contributed by atoms with Gasteiger partial charge < -0.3 is 14.4 Å². The maximum absolute atomic E-state index is 11.6. The molecule has 0 bridgehead atoms. The lowest BCUT2D eigenvalue weighted by molar-refractivity contribution is -0.153. The van der Waals surface area contributed by atoms with Crippen LogP contribution in [0, 0.1) is 6.92 Å². The van der Waals surface area contributed by atoms with E-state index in [1.807, 2.05) is 4.90 Å². The fraction of sp³-hybridized carbons (Fsp3) is 0.769. The lowest BCUT2D eigenvalue weighted by Gasteiger charge is -2.42. The summed E-state index contributed by atoms with van der Waals surface area (Å²) in [5, 5.41) is 13.4. The summed E-state index contributed by atoms with van der Waals surface area (Å²) >= 11 is 0. The lowest BCUT2D eigenvalue weighted by atomic mass is 9.95. The minimum atomic E-state index is -0.838. The molecule has 0 amide bonds. The molecule has 1 unspecified atom stereocenters. The van der Waals surface area contributed by atoms with Gasteiger partial charge in [-0.2, -0.15) is 4.98 Å². The van der Waals surface area contributed by atoms with Crippen LogP contribution in [0.25, 0.3) is 0 Å². The zero-order valence-electron chi connectivity index (χ0n) is 12.1. The quantitative estimate of drug-likeness (QED) is 0.812. The molecule has 0 spiro atoms. The van der Waals surface area contributed by atoms with Crippen molar-refractivity contribution < 1.29 is 19.2 Å². The van der Waals surface area contributed by atoms with Crippen molar-refractivity contribution in [3.05, 3.63) is 11.7 Å². The molecule has 21 heavy (non-hydrogen) atoms. The second-order valence-corrected chi connectivity index (χ2v) is 5.63. The molecule has 3 rings (SSSR count). The Kier molecular flexibility index (Phi) is 3.92. The Balaban J connectivity index is 1.58. The average molecular weight is 296 g/mol. The van der Waals surface area contributed by atoms with Crippen LogP contribution in [0.3, 0.4) is 0 Å². The SMILES string of the molecule is Cc1nc(CN2CCN(C3(C(=O)O)CCOC3)CC2)no1. The lowest BCUT2D eigenvalue weighted by Crippen LogP contribution is -2.61. The molecule has 2 aliphatic heterocycles. The highest BCUT2D eigenvalue weighted by molar-refractivity contribution is 5.79. The van der Waals surface area contributed by atoms with Gasteiger partial charge in [-0.25, -0.2) is 0 Å². The van der Waals surface area contributed by atoms with Crippen molar-refractivity contribution in [2.45, 2.75) is 25.4 Å². The third-order valence-electron chi connectivity index (χ3n) is 4.31. The standard InChI is InChI=1S/C13H20N4O4/c1-10-14-11(15-21-10)8-16-3-5-17(6-4-16)13(12(18)19)2-7-20-9-13/h2-9H2,1H3,(H,18,19). The molecule has 0 aliphatic carbocycles. The van der Waals surface area contributed by atoms with Crippen LogP contribution in [0.15, 0.2) is 4.52 Å². The monoisotopic (exact) mass is 296 g/mol. The van der Waals surface area contributed by atoms with E-state index in [-0.39, 0.29) is 6.61 Å². The Morgan fingerprint density at radius 1 is 1.38 bits per heavy atom. The topological polar surface area (TPSA) is 91.9 Å². The maximum atomic E-state index is 11.6. The first kappa shape index (κ1) is 14.4. The average Bonchev–Trinajstić information content (AvgIpc) is 3.10. The van der Waals surface area contributed by atoms with Crippen molar-refractivity contribution in [3.63, 3.8) is 0 Å². The highest BCUT2D eigenvalue weighted by atomic mass is 16.5. The van der Waals surface area contributed by atoms with Crippen molar-refractivity contribution in [3.8, 4) is 0 Å². The summed E-state index contributed by atoms with van der Waals surface area (Å²) < 4.78 is 10.3. The van der Waals surface area contributed by atoms with Crippen molar-refractivity contribution in [2.24, 2.45) is 0 Å². The normalized spacial score (nSPS) is 28.0. The van der Waals surface area contributed by atoms with Gasteiger partial charge in [0.05, 0.1) is 13.2 Å². The van der Waals surface area contributed by atoms with Gasteiger partial charge in [0.25, 0.3) is 0 Å². The van der Waals surface area contributed by atoms with E-state index in [0.29, 0.717) is 44.4 Å². The van der Waals surface area contributed by atoms with Gasteiger partial charge >= 0.3 is 5.97 Å². The van der Waals surface area contributed by atoms with E-state index >= 15 is 0 Å². The molecule has 1 N–H and O–H groups in total. The highest BCUT2D eigenvalue weighted by Gasteiger charge is 2.48. The van der Waals surface area contributed by atoms with Gasteiger partial charge in [-0.3, -0.25) is 14.6 Å². The van der Waals surface area contributed by atoms with Gasteiger partial charge in [-0.15, -0.1) is 0 Å². The molecule has 3 heterocycles. The van der Waals surface area contributed by atoms with Crippen LogP contribution < -0.4 is 0 Å². The summed E-state index contributed by atoms with van der Waals surface area (Å²) in [5.41, 5.74) is -0.838. The number of nitrogens with zero attached hydrogens (tertiary/aromatic N) is 4. The van der Waals surface area contributed by atoms with Gasteiger partial charge in [-0.05, 0) is 0 Å². The molecule has 2 aliphatic rings. The number of aromatic nitrogens is 2. The highest BCUT2D eigenvalue weighted by Crippen LogP contribution is 2.28. The predicted octanol–water partition coefficient (Wildman–Crippen LogP) is -0.261.